The second-order valence-corrected chi connectivity index (χ2v) is 4.86. The highest BCUT2D eigenvalue weighted by atomic mass is 16.5. The molecule has 3 aromatic rings. The fraction of sp³-hybridized carbons (Fsp3) is 0.250. The lowest BCUT2D eigenvalue weighted by atomic mass is 10.1. The van der Waals surface area contributed by atoms with Gasteiger partial charge in [-0.15, -0.1) is 0 Å². The second-order valence-electron chi connectivity index (χ2n) is 4.86. The molecule has 1 aromatic carbocycles. The Morgan fingerprint density at radius 1 is 1.09 bits per heavy atom. The summed E-state index contributed by atoms with van der Waals surface area (Å²) in [6.45, 7) is 1.84. The van der Waals surface area contributed by atoms with Crippen molar-refractivity contribution in [1.82, 2.24) is 20.1 Å². The van der Waals surface area contributed by atoms with Gasteiger partial charge in [0.1, 0.15) is 5.75 Å². The van der Waals surface area contributed by atoms with E-state index in [4.69, 9.17) is 14.0 Å². The Morgan fingerprint density at radius 2 is 1.91 bits per heavy atom. The number of hydrogen-bond donors (Lipinski definition) is 0. The quantitative estimate of drug-likeness (QED) is 0.715. The van der Waals surface area contributed by atoms with Crippen molar-refractivity contribution in [3.8, 4) is 23.2 Å². The van der Waals surface area contributed by atoms with Crippen LogP contribution in [0.2, 0.25) is 0 Å². The van der Waals surface area contributed by atoms with Gasteiger partial charge in [0.25, 0.3) is 5.89 Å². The van der Waals surface area contributed by atoms with Crippen LogP contribution in [0, 0.1) is 6.92 Å². The fourth-order valence-corrected chi connectivity index (χ4v) is 2.21. The molecule has 0 aliphatic carbocycles. The molecule has 0 aliphatic rings. The molecular weight excluding hydrogens is 296 g/mol. The highest BCUT2D eigenvalue weighted by Crippen LogP contribution is 2.23. The van der Waals surface area contributed by atoms with Crippen molar-refractivity contribution in [2.24, 2.45) is 0 Å². The van der Waals surface area contributed by atoms with Crippen molar-refractivity contribution in [2.45, 2.75) is 13.3 Å². The van der Waals surface area contributed by atoms with Crippen LogP contribution < -0.4 is 9.47 Å². The van der Waals surface area contributed by atoms with Gasteiger partial charge >= 0.3 is 6.01 Å². The van der Waals surface area contributed by atoms with Crippen LogP contribution in [0.1, 0.15) is 17.1 Å². The molecule has 0 fully saturated rings. The van der Waals surface area contributed by atoms with Crippen molar-refractivity contribution >= 4 is 0 Å². The Hall–Kier alpha value is -2.96. The number of para-hydroxylation sites is 1. The molecule has 7 nitrogen and oxygen atoms in total. The maximum atomic E-state index is 5.33. The van der Waals surface area contributed by atoms with E-state index in [1.54, 1.807) is 13.3 Å². The SMILES string of the molecule is COc1ncc(-c2nc(Cc3ccccc3OC)no2)c(C)n1. The third-order valence-electron chi connectivity index (χ3n) is 3.38. The van der Waals surface area contributed by atoms with Gasteiger partial charge in [0.15, 0.2) is 5.82 Å². The van der Waals surface area contributed by atoms with Gasteiger partial charge in [-0.05, 0) is 13.0 Å². The van der Waals surface area contributed by atoms with Crippen LogP contribution in [-0.2, 0) is 6.42 Å². The third kappa shape index (κ3) is 3.13. The van der Waals surface area contributed by atoms with Gasteiger partial charge in [-0.2, -0.15) is 9.97 Å². The second kappa shape index (κ2) is 6.43. The topological polar surface area (TPSA) is 83.2 Å². The molecular formula is C16H16N4O3. The van der Waals surface area contributed by atoms with Crippen LogP contribution in [0.5, 0.6) is 11.8 Å². The number of aryl methyl sites for hydroxylation is 1. The minimum absolute atomic E-state index is 0.306. The van der Waals surface area contributed by atoms with Crippen LogP contribution in [0.15, 0.2) is 35.0 Å². The van der Waals surface area contributed by atoms with Gasteiger partial charge in [0.2, 0.25) is 0 Å². The standard InChI is InChI=1S/C16H16N4O3/c1-10-12(9-17-16(18-10)22-3)15-19-14(20-23-15)8-11-6-4-5-7-13(11)21-2/h4-7,9H,8H2,1-3H3. The monoisotopic (exact) mass is 312 g/mol. The summed E-state index contributed by atoms with van der Waals surface area (Å²) in [5, 5.41) is 4.02. The first-order valence-corrected chi connectivity index (χ1v) is 7.03. The van der Waals surface area contributed by atoms with E-state index < -0.39 is 0 Å². The molecule has 0 spiro atoms. The lowest BCUT2D eigenvalue weighted by molar-refractivity contribution is 0.378. The van der Waals surface area contributed by atoms with E-state index in [-0.39, 0.29) is 0 Å². The summed E-state index contributed by atoms with van der Waals surface area (Å²) in [7, 11) is 3.16. The van der Waals surface area contributed by atoms with Crippen molar-refractivity contribution in [2.75, 3.05) is 14.2 Å². The molecule has 0 N–H and O–H groups in total. The molecule has 0 atom stereocenters. The number of nitrogens with zero attached hydrogens (tertiary/aromatic N) is 4. The largest absolute Gasteiger partial charge is 0.496 e. The summed E-state index contributed by atoms with van der Waals surface area (Å²) in [6.07, 6.45) is 2.13. The summed E-state index contributed by atoms with van der Waals surface area (Å²) >= 11 is 0. The zero-order chi connectivity index (χ0) is 16.2. The maximum absolute atomic E-state index is 5.33. The molecule has 23 heavy (non-hydrogen) atoms. The van der Waals surface area contributed by atoms with Crippen molar-refractivity contribution in [3.05, 3.63) is 47.5 Å². The number of ether oxygens (including phenoxy) is 2. The van der Waals surface area contributed by atoms with E-state index >= 15 is 0 Å². The molecule has 118 valence electrons. The normalized spacial score (nSPS) is 10.6. The zero-order valence-electron chi connectivity index (χ0n) is 13.1. The Kier molecular flexibility index (Phi) is 4.18. The van der Waals surface area contributed by atoms with Crippen molar-refractivity contribution < 1.29 is 14.0 Å². The lowest BCUT2D eigenvalue weighted by Gasteiger charge is -2.05. The van der Waals surface area contributed by atoms with E-state index in [2.05, 4.69) is 20.1 Å². The molecule has 2 aromatic heterocycles. The average molecular weight is 312 g/mol. The van der Waals surface area contributed by atoms with Crippen LogP contribution in [0.25, 0.3) is 11.5 Å². The van der Waals surface area contributed by atoms with Crippen LogP contribution in [0.3, 0.4) is 0 Å². The predicted octanol–water partition coefficient (Wildman–Crippen LogP) is 2.44. The van der Waals surface area contributed by atoms with E-state index in [1.807, 2.05) is 31.2 Å². The smallest absolute Gasteiger partial charge is 0.316 e. The minimum Gasteiger partial charge on any atom is -0.496 e. The first-order valence-electron chi connectivity index (χ1n) is 7.03. The number of aromatic nitrogens is 4. The highest BCUT2D eigenvalue weighted by molar-refractivity contribution is 5.54. The van der Waals surface area contributed by atoms with Gasteiger partial charge < -0.3 is 14.0 Å². The molecule has 0 unspecified atom stereocenters. The van der Waals surface area contributed by atoms with Crippen LogP contribution in [0.4, 0.5) is 0 Å². The number of benzene rings is 1. The molecule has 0 aliphatic heterocycles. The molecule has 2 heterocycles. The van der Waals surface area contributed by atoms with Gasteiger partial charge in [-0.3, -0.25) is 0 Å². The predicted molar refractivity (Wildman–Crippen MR) is 82.4 cm³/mol. The zero-order valence-corrected chi connectivity index (χ0v) is 13.1. The molecule has 0 saturated carbocycles. The fourth-order valence-electron chi connectivity index (χ4n) is 2.21. The molecule has 7 heteroatoms. The molecule has 3 rings (SSSR count). The molecule has 0 radical (unpaired) electrons. The van der Waals surface area contributed by atoms with E-state index in [9.17, 15) is 0 Å². The van der Waals surface area contributed by atoms with Gasteiger partial charge in [0.05, 0.1) is 25.5 Å². The van der Waals surface area contributed by atoms with Gasteiger partial charge in [0, 0.05) is 18.2 Å². The Morgan fingerprint density at radius 3 is 2.65 bits per heavy atom. The number of hydrogen-bond acceptors (Lipinski definition) is 7. The Balaban J connectivity index is 1.86. The third-order valence-corrected chi connectivity index (χ3v) is 3.38. The van der Waals surface area contributed by atoms with Crippen molar-refractivity contribution in [1.29, 1.82) is 0 Å². The molecule has 0 amide bonds. The van der Waals surface area contributed by atoms with E-state index in [0.717, 1.165) is 11.3 Å². The Bertz CT molecular complexity index is 817. The summed E-state index contributed by atoms with van der Waals surface area (Å²) in [5.41, 5.74) is 2.39. The van der Waals surface area contributed by atoms with Gasteiger partial charge in [-0.1, -0.05) is 23.4 Å². The van der Waals surface area contributed by atoms with Crippen LogP contribution >= 0.6 is 0 Å². The van der Waals surface area contributed by atoms with E-state index in [0.29, 0.717) is 35.4 Å². The first-order chi connectivity index (χ1) is 11.2. The minimum atomic E-state index is 0.306. The highest BCUT2D eigenvalue weighted by Gasteiger charge is 2.15. The lowest BCUT2D eigenvalue weighted by Crippen LogP contribution is -1.97. The summed E-state index contributed by atoms with van der Waals surface area (Å²) in [5.74, 6) is 1.75. The molecule has 0 saturated heterocycles. The Labute approximate surface area is 133 Å². The first kappa shape index (κ1) is 15.0. The van der Waals surface area contributed by atoms with E-state index in [1.165, 1.54) is 7.11 Å². The summed E-state index contributed by atoms with van der Waals surface area (Å²) in [4.78, 5) is 12.7. The van der Waals surface area contributed by atoms with Gasteiger partial charge in [-0.25, -0.2) is 4.98 Å². The summed E-state index contributed by atoms with van der Waals surface area (Å²) in [6, 6.07) is 8.04. The maximum Gasteiger partial charge on any atom is 0.316 e. The van der Waals surface area contributed by atoms with Crippen molar-refractivity contribution in [3.63, 3.8) is 0 Å². The number of rotatable bonds is 5. The number of methoxy groups -OCH3 is 2. The summed E-state index contributed by atoms with van der Waals surface area (Å²) < 4.78 is 15.7. The molecule has 0 bridgehead atoms. The van der Waals surface area contributed by atoms with Crippen LogP contribution in [-0.4, -0.2) is 34.3 Å². The average Bonchev–Trinajstić information content (AvgIpc) is 3.03.